The minimum absolute atomic E-state index is 0.00234. The van der Waals surface area contributed by atoms with E-state index in [1.54, 1.807) is 25.1 Å². The number of carboxylic acid groups (broad SMARTS) is 2. The van der Waals surface area contributed by atoms with Gasteiger partial charge in [0.1, 0.15) is 11.0 Å². The van der Waals surface area contributed by atoms with Gasteiger partial charge in [0, 0.05) is 36.1 Å². The predicted octanol–water partition coefficient (Wildman–Crippen LogP) is 2.25. The molecule has 15 heteroatoms. The van der Waals surface area contributed by atoms with Crippen molar-refractivity contribution in [1.82, 2.24) is 15.3 Å². The molecule has 0 bridgehead atoms. The van der Waals surface area contributed by atoms with E-state index in [1.165, 1.54) is 6.92 Å². The molecule has 0 amide bonds. The summed E-state index contributed by atoms with van der Waals surface area (Å²) in [6.45, 7) is 6.73. The van der Waals surface area contributed by atoms with Crippen LogP contribution in [0.5, 0.6) is 0 Å². The maximum Gasteiger partial charge on any atom is 0.326 e. The molecular weight excluding hydrogens is 534 g/mol. The average Bonchev–Trinajstić information content (AvgIpc) is 2.84. The second-order valence-corrected chi connectivity index (χ2v) is 9.49. The number of aliphatic carboxylic acids is 2. The molecule has 0 aliphatic carbocycles. The number of aromatic nitrogens is 2. The molecule has 1 aromatic carbocycles. The highest BCUT2D eigenvalue weighted by atomic mass is 32.2. The zero-order valence-electron chi connectivity index (χ0n) is 20.6. The second-order valence-electron chi connectivity index (χ2n) is 7.93. The Hall–Kier alpha value is -4.11. The van der Waals surface area contributed by atoms with Crippen LogP contribution in [0.4, 0.5) is 23.1 Å². The van der Waals surface area contributed by atoms with Gasteiger partial charge in [0.05, 0.1) is 6.54 Å². The normalized spacial score (nSPS) is 11.9. The lowest BCUT2D eigenvalue weighted by molar-refractivity contribution is -0.140. The van der Waals surface area contributed by atoms with Gasteiger partial charge in [0.2, 0.25) is 5.95 Å². The molecule has 0 aliphatic heterocycles. The molecule has 38 heavy (non-hydrogen) atoms. The van der Waals surface area contributed by atoms with Gasteiger partial charge in [-0.15, -0.1) is 0 Å². The third kappa shape index (κ3) is 9.08. The fourth-order valence-corrected chi connectivity index (χ4v) is 4.07. The smallest absolute Gasteiger partial charge is 0.326 e. The maximum absolute atomic E-state index is 12.2. The van der Waals surface area contributed by atoms with Gasteiger partial charge in [-0.25, -0.2) is 14.8 Å². The largest absolute Gasteiger partial charge is 0.481 e. The van der Waals surface area contributed by atoms with Gasteiger partial charge in [-0.2, -0.15) is 4.98 Å². The number of nitrogens with one attached hydrogen (secondary N) is 3. The molecule has 202 valence electrons. The number of hydrogen-bond donors (Lipinski definition) is 6. The Labute approximate surface area is 227 Å². The third-order valence-electron chi connectivity index (χ3n) is 4.93. The number of hydrogen-bond acceptors (Lipinski definition) is 11. The fraction of sp³-hybridized carbons (Fsp3) is 0.304. The monoisotopic (exact) mass is 561 g/mol. The quantitative estimate of drug-likeness (QED) is 0.153. The summed E-state index contributed by atoms with van der Waals surface area (Å²) in [7, 11) is 0. The Morgan fingerprint density at radius 1 is 1.29 bits per heavy atom. The number of carbonyl (C=O) groups excluding carboxylic acids is 1. The predicted molar refractivity (Wildman–Crippen MR) is 151 cm³/mol. The van der Waals surface area contributed by atoms with Crippen molar-refractivity contribution >= 4 is 81.6 Å². The Bertz CT molecular complexity index is 1340. The van der Waals surface area contributed by atoms with Crippen LogP contribution in [0.2, 0.25) is 0 Å². The lowest BCUT2D eigenvalue weighted by Crippen LogP contribution is -2.41. The van der Waals surface area contributed by atoms with E-state index in [1.807, 2.05) is 0 Å². The van der Waals surface area contributed by atoms with E-state index in [-0.39, 0.29) is 52.7 Å². The van der Waals surface area contributed by atoms with Gasteiger partial charge in [-0.1, -0.05) is 24.0 Å². The average molecular weight is 562 g/mol. The lowest BCUT2D eigenvalue weighted by atomic mass is 10.1. The van der Waals surface area contributed by atoms with Gasteiger partial charge in [0.25, 0.3) is 5.56 Å². The first-order chi connectivity index (χ1) is 17.9. The highest BCUT2D eigenvalue weighted by molar-refractivity contribution is 8.12. The number of carbonyl (C=O) groups is 3. The first-order valence-corrected chi connectivity index (χ1v) is 12.5. The Balaban J connectivity index is 2.25. The number of thioether (sulfide) groups is 1. The number of nitrogens with two attached hydrogens (primary N) is 1. The number of aliphatic imine (C=N–C) groups is 2. The van der Waals surface area contributed by atoms with E-state index < -0.39 is 23.5 Å². The topological polar surface area (TPSA) is 212 Å². The molecule has 7 N–H and O–H groups in total. The Morgan fingerprint density at radius 3 is 2.61 bits per heavy atom. The highest BCUT2D eigenvalue weighted by Gasteiger charge is 2.21. The molecule has 1 heterocycles. The molecule has 0 unspecified atom stereocenters. The number of H-pyrrole nitrogens is 1. The number of carboxylic acids is 2. The SMILES string of the molecule is C=Nc1nc(N)[nH]c(=O)c1N=C(C)CNc1ccc(C(=S)N[C@@H](CCC(=O)O)C(=O)O)c(CSC(C)=O)c1. The van der Waals surface area contributed by atoms with Crippen LogP contribution in [0.15, 0.2) is 33.0 Å². The molecule has 2 aromatic rings. The Morgan fingerprint density at radius 2 is 2.00 bits per heavy atom. The van der Waals surface area contributed by atoms with E-state index in [9.17, 15) is 24.3 Å². The summed E-state index contributed by atoms with van der Waals surface area (Å²) < 4.78 is 0. The van der Waals surface area contributed by atoms with Gasteiger partial charge >= 0.3 is 11.9 Å². The van der Waals surface area contributed by atoms with E-state index in [2.05, 4.69) is 37.3 Å². The van der Waals surface area contributed by atoms with Crippen LogP contribution >= 0.6 is 24.0 Å². The molecule has 0 fully saturated rings. The van der Waals surface area contributed by atoms with Crippen molar-refractivity contribution in [3.63, 3.8) is 0 Å². The van der Waals surface area contributed by atoms with Crippen molar-refractivity contribution in [2.45, 2.75) is 38.5 Å². The number of aromatic amines is 1. The summed E-state index contributed by atoms with van der Waals surface area (Å²) in [5.74, 6) is -2.19. The van der Waals surface area contributed by atoms with Gasteiger partial charge in [-0.3, -0.25) is 19.4 Å². The van der Waals surface area contributed by atoms with Crippen molar-refractivity contribution in [3.05, 3.63) is 39.7 Å². The van der Waals surface area contributed by atoms with Crippen LogP contribution in [-0.4, -0.2) is 67.2 Å². The van der Waals surface area contributed by atoms with E-state index >= 15 is 0 Å². The molecule has 1 atom stereocenters. The molecule has 0 aliphatic rings. The molecule has 1 aromatic heterocycles. The van der Waals surface area contributed by atoms with Crippen molar-refractivity contribution in [2.24, 2.45) is 9.98 Å². The highest BCUT2D eigenvalue weighted by Crippen LogP contribution is 2.23. The lowest BCUT2D eigenvalue weighted by Gasteiger charge is -2.18. The molecular formula is C23H27N7O6S2. The fourth-order valence-electron chi connectivity index (χ4n) is 3.13. The molecule has 0 saturated heterocycles. The van der Waals surface area contributed by atoms with Gasteiger partial charge < -0.3 is 26.6 Å². The Kier molecular flexibility index (Phi) is 11.1. The maximum atomic E-state index is 12.2. The minimum Gasteiger partial charge on any atom is -0.481 e. The second kappa shape index (κ2) is 14.0. The zero-order chi connectivity index (χ0) is 28.4. The third-order valence-corrected chi connectivity index (χ3v) is 6.13. The number of benzene rings is 1. The van der Waals surface area contributed by atoms with Crippen LogP contribution in [0.3, 0.4) is 0 Å². The van der Waals surface area contributed by atoms with Crippen LogP contribution in [0, 0.1) is 0 Å². The molecule has 0 spiro atoms. The van der Waals surface area contributed by atoms with E-state index in [0.717, 1.165) is 11.8 Å². The summed E-state index contributed by atoms with van der Waals surface area (Å²) in [5, 5.41) is 24.1. The van der Waals surface area contributed by atoms with Crippen LogP contribution in [-0.2, 0) is 20.1 Å². The van der Waals surface area contributed by atoms with Crippen LogP contribution in [0.1, 0.15) is 37.8 Å². The number of nitrogen functional groups attached to an aromatic ring is 1. The van der Waals surface area contributed by atoms with Crippen LogP contribution in [0.25, 0.3) is 0 Å². The number of nitrogens with zero attached hydrogens (tertiary/aromatic N) is 3. The van der Waals surface area contributed by atoms with Crippen molar-refractivity contribution in [1.29, 1.82) is 0 Å². The summed E-state index contributed by atoms with van der Waals surface area (Å²) in [6.07, 6.45) is -0.498. The number of rotatable bonds is 13. The summed E-state index contributed by atoms with van der Waals surface area (Å²) in [5.41, 5.74) is 7.27. The molecule has 0 saturated carbocycles. The van der Waals surface area contributed by atoms with Crippen molar-refractivity contribution < 1.29 is 24.6 Å². The van der Waals surface area contributed by atoms with Crippen molar-refractivity contribution in [3.8, 4) is 0 Å². The first kappa shape index (κ1) is 30.1. The molecule has 2 rings (SSSR count). The number of anilines is 2. The van der Waals surface area contributed by atoms with E-state index in [0.29, 0.717) is 22.5 Å². The standard InChI is InChI=1S/C23H27N7O6S2/c1-11(27-18-19(25-3)29-23(24)30-20(18)34)9-26-14-4-5-15(13(8-14)10-38-12(2)31)21(37)28-16(22(35)36)6-7-17(32)33/h4-5,8,16,26H,3,6-7,9-10H2,1-2H3,(H,28,37)(H,32,33)(H,35,36)(H3,24,29,30,34)/t16-/m0/s1. The summed E-state index contributed by atoms with van der Waals surface area (Å²) >= 11 is 6.47. The van der Waals surface area contributed by atoms with Gasteiger partial charge in [0.15, 0.2) is 16.6 Å². The first-order valence-electron chi connectivity index (χ1n) is 11.1. The van der Waals surface area contributed by atoms with Crippen LogP contribution < -0.4 is 21.9 Å². The summed E-state index contributed by atoms with van der Waals surface area (Å²) in [6, 6.07) is 3.95. The van der Waals surface area contributed by atoms with E-state index in [4.69, 9.17) is 23.1 Å². The number of thiocarbonyl (C=S) groups is 1. The van der Waals surface area contributed by atoms with Crippen molar-refractivity contribution in [2.75, 3.05) is 17.6 Å². The zero-order valence-corrected chi connectivity index (χ0v) is 22.2. The van der Waals surface area contributed by atoms with Gasteiger partial charge in [-0.05, 0) is 43.8 Å². The molecule has 0 radical (unpaired) electrons. The molecule has 13 nitrogen and oxygen atoms in total. The minimum atomic E-state index is -1.23. The summed E-state index contributed by atoms with van der Waals surface area (Å²) in [4.78, 5) is 60.5.